The standard InChI is InChI=1S/C15H21BrClN3O2.ClH/c1-8-13(17)12(16)14(15(18)21)20(8)10-4-5-19-6-11(10)22-7-9-2-3-9;/h9-11,19H,2-7H2,1H3,(H2,18,21);1H/t10-,11-;/m1./s1. The van der Waals surface area contributed by atoms with E-state index >= 15 is 0 Å². The zero-order chi connectivity index (χ0) is 15.9. The van der Waals surface area contributed by atoms with Crippen molar-refractivity contribution in [3.05, 3.63) is 20.9 Å². The first kappa shape index (κ1) is 19.1. The summed E-state index contributed by atoms with van der Waals surface area (Å²) < 4.78 is 8.67. The van der Waals surface area contributed by atoms with Crippen molar-refractivity contribution in [1.82, 2.24) is 9.88 Å². The highest BCUT2D eigenvalue weighted by Gasteiger charge is 2.34. The van der Waals surface area contributed by atoms with Crippen LogP contribution in [0.4, 0.5) is 0 Å². The third-order valence-corrected chi connectivity index (χ3v) is 5.98. The van der Waals surface area contributed by atoms with E-state index < -0.39 is 5.91 Å². The summed E-state index contributed by atoms with van der Waals surface area (Å²) in [6, 6.07) is 0.0753. The summed E-state index contributed by atoms with van der Waals surface area (Å²) in [4.78, 5) is 11.9. The zero-order valence-electron chi connectivity index (χ0n) is 13.0. The van der Waals surface area contributed by atoms with Gasteiger partial charge in [-0.1, -0.05) is 11.6 Å². The Morgan fingerprint density at radius 2 is 2.17 bits per heavy atom. The molecule has 0 radical (unpaired) electrons. The molecule has 1 aliphatic heterocycles. The number of piperidine rings is 1. The van der Waals surface area contributed by atoms with Crippen molar-refractivity contribution in [1.29, 1.82) is 0 Å². The Bertz CT molecular complexity index is 590. The lowest BCUT2D eigenvalue weighted by Gasteiger charge is -2.35. The van der Waals surface area contributed by atoms with Gasteiger partial charge >= 0.3 is 0 Å². The van der Waals surface area contributed by atoms with Gasteiger partial charge in [0.1, 0.15) is 5.69 Å². The second-order valence-corrected chi connectivity index (χ2v) is 7.34. The molecule has 1 aromatic heterocycles. The fourth-order valence-corrected chi connectivity index (χ4v) is 3.96. The van der Waals surface area contributed by atoms with Gasteiger partial charge in [0.2, 0.25) is 0 Å². The average Bonchev–Trinajstić information content (AvgIpc) is 3.29. The number of carbonyl (C=O) groups is 1. The largest absolute Gasteiger partial charge is 0.374 e. The van der Waals surface area contributed by atoms with Crippen molar-refractivity contribution in [2.45, 2.75) is 38.3 Å². The molecule has 3 N–H and O–H groups in total. The molecule has 1 amide bonds. The second-order valence-electron chi connectivity index (χ2n) is 6.17. The minimum atomic E-state index is -0.471. The molecule has 0 bridgehead atoms. The van der Waals surface area contributed by atoms with Gasteiger partial charge in [0, 0.05) is 18.8 Å². The van der Waals surface area contributed by atoms with Crippen LogP contribution in [0.2, 0.25) is 5.02 Å². The highest BCUT2D eigenvalue weighted by molar-refractivity contribution is 9.10. The van der Waals surface area contributed by atoms with Crippen molar-refractivity contribution < 1.29 is 9.53 Å². The summed E-state index contributed by atoms with van der Waals surface area (Å²) >= 11 is 9.72. The molecule has 0 aromatic carbocycles. The summed E-state index contributed by atoms with van der Waals surface area (Å²) in [5.74, 6) is 0.237. The normalized spacial score (nSPS) is 24.3. The Morgan fingerprint density at radius 1 is 1.48 bits per heavy atom. The number of nitrogens with zero attached hydrogens (tertiary/aromatic N) is 1. The average molecular weight is 427 g/mol. The van der Waals surface area contributed by atoms with Gasteiger partial charge in [-0.25, -0.2) is 0 Å². The molecule has 2 fully saturated rings. The number of aromatic nitrogens is 1. The second kappa shape index (κ2) is 7.74. The summed E-state index contributed by atoms with van der Waals surface area (Å²) in [6.07, 6.45) is 3.43. The minimum absolute atomic E-state index is 0. The van der Waals surface area contributed by atoms with Gasteiger partial charge in [0.05, 0.1) is 21.6 Å². The molecule has 8 heteroatoms. The van der Waals surface area contributed by atoms with E-state index in [9.17, 15) is 4.79 Å². The van der Waals surface area contributed by atoms with Crippen LogP contribution in [0.1, 0.15) is 41.5 Å². The van der Waals surface area contributed by atoms with Crippen LogP contribution in [0.3, 0.4) is 0 Å². The zero-order valence-corrected chi connectivity index (χ0v) is 16.1. The molecule has 2 atom stereocenters. The number of nitrogens with one attached hydrogen (secondary N) is 1. The minimum Gasteiger partial charge on any atom is -0.374 e. The molecule has 1 saturated heterocycles. The Hall–Kier alpha value is -0.270. The van der Waals surface area contributed by atoms with Crippen LogP contribution >= 0.6 is 39.9 Å². The van der Waals surface area contributed by atoms with E-state index in [1.165, 1.54) is 12.8 Å². The number of hydrogen-bond acceptors (Lipinski definition) is 3. The van der Waals surface area contributed by atoms with Crippen LogP contribution in [-0.2, 0) is 4.74 Å². The molecule has 2 heterocycles. The van der Waals surface area contributed by atoms with Gasteiger partial charge < -0.3 is 20.4 Å². The number of halogens is 3. The Kier molecular flexibility index (Phi) is 6.42. The summed E-state index contributed by atoms with van der Waals surface area (Å²) in [5.41, 5.74) is 6.87. The maximum atomic E-state index is 11.9. The highest BCUT2D eigenvalue weighted by Crippen LogP contribution is 2.38. The lowest BCUT2D eigenvalue weighted by Crippen LogP contribution is -2.44. The fourth-order valence-electron chi connectivity index (χ4n) is 3.11. The molecule has 3 rings (SSSR count). The van der Waals surface area contributed by atoms with Crippen molar-refractivity contribution in [2.24, 2.45) is 11.7 Å². The summed E-state index contributed by atoms with van der Waals surface area (Å²) in [6.45, 7) is 4.38. The van der Waals surface area contributed by atoms with E-state index in [1.54, 1.807) is 0 Å². The van der Waals surface area contributed by atoms with Gasteiger partial charge in [-0.05, 0) is 54.6 Å². The predicted octanol–water partition coefficient (Wildman–Crippen LogP) is 3.06. The molecule has 0 spiro atoms. The van der Waals surface area contributed by atoms with Gasteiger partial charge in [0.15, 0.2) is 0 Å². The van der Waals surface area contributed by atoms with E-state index in [1.807, 2.05) is 11.5 Å². The quantitative estimate of drug-likeness (QED) is 0.759. The number of nitrogens with two attached hydrogens (primary N) is 1. The van der Waals surface area contributed by atoms with Crippen molar-refractivity contribution in [3.8, 4) is 0 Å². The first-order valence-corrected chi connectivity index (χ1v) is 8.85. The number of carbonyl (C=O) groups excluding carboxylic acids is 1. The molecule has 1 aromatic rings. The maximum Gasteiger partial charge on any atom is 0.266 e. The molecule has 5 nitrogen and oxygen atoms in total. The maximum absolute atomic E-state index is 11.9. The molecule has 1 aliphatic carbocycles. The molecule has 130 valence electrons. The molecular formula is C15H22BrCl2N3O2. The van der Waals surface area contributed by atoms with Crippen molar-refractivity contribution >= 4 is 45.8 Å². The van der Waals surface area contributed by atoms with Crippen LogP contribution in [-0.4, -0.2) is 36.3 Å². The Balaban J connectivity index is 0.00000192. The lowest BCUT2D eigenvalue weighted by molar-refractivity contribution is -0.00323. The molecule has 23 heavy (non-hydrogen) atoms. The number of ether oxygens (including phenoxy) is 1. The van der Waals surface area contributed by atoms with Crippen molar-refractivity contribution in [2.75, 3.05) is 19.7 Å². The molecule has 0 unspecified atom stereocenters. The number of amides is 1. The van der Waals surface area contributed by atoms with Crippen LogP contribution in [0.25, 0.3) is 0 Å². The SMILES string of the molecule is Cc1c(Cl)c(Br)c(C(N)=O)n1[C@@H]1CCNC[C@H]1OCC1CC1.Cl. The van der Waals surface area contributed by atoms with Gasteiger partial charge in [-0.2, -0.15) is 0 Å². The van der Waals surface area contributed by atoms with Gasteiger partial charge in [0.25, 0.3) is 5.91 Å². The monoisotopic (exact) mass is 425 g/mol. The molecular weight excluding hydrogens is 405 g/mol. The third-order valence-electron chi connectivity index (χ3n) is 4.52. The van der Waals surface area contributed by atoms with E-state index in [-0.39, 0.29) is 24.6 Å². The molecule has 1 saturated carbocycles. The first-order valence-electron chi connectivity index (χ1n) is 7.68. The summed E-state index contributed by atoms with van der Waals surface area (Å²) in [5, 5.41) is 3.92. The van der Waals surface area contributed by atoms with E-state index in [4.69, 9.17) is 22.1 Å². The first-order chi connectivity index (χ1) is 10.5. The lowest BCUT2D eigenvalue weighted by atomic mass is 10.0. The number of rotatable bonds is 5. The Morgan fingerprint density at radius 3 is 2.78 bits per heavy atom. The smallest absolute Gasteiger partial charge is 0.266 e. The fraction of sp³-hybridized carbons (Fsp3) is 0.667. The summed E-state index contributed by atoms with van der Waals surface area (Å²) in [7, 11) is 0. The molecule has 2 aliphatic rings. The van der Waals surface area contributed by atoms with E-state index in [0.29, 0.717) is 21.1 Å². The predicted molar refractivity (Wildman–Crippen MR) is 96.6 cm³/mol. The van der Waals surface area contributed by atoms with Gasteiger partial charge in [-0.3, -0.25) is 4.79 Å². The van der Waals surface area contributed by atoms with Crippen molar-refractivity contribution in [3.63, 3.8) is 0 Å². The van der Waals surface area contributed by atoms with Crippen LogP contribution in [0, 0.1) is 12.8 Å². The van der Waals surface area contributed by atoms with Crippen LogP contribution < -0.4 is 11.1 Å². The number of primary amides is 1. The Labute approximate surface area is 155 Å². The van der Waals surface area contributed by atoms with Crippen LogP contribution in [0.15, 0.2) is 4.47 Å². The third kappa shape index (κ3) is 3.87. The van der Waals surface area contributed by atoms with Crippen LogP contribution in [0.5, 0.6) is 0 Å². The van der Waals surface area contributed by atoms with E-state index in [2.05, 4.69) is 21.2 Å². The topological polar surface area (TPSA) is 69.3 Å². The number of hydrogen-bond donors (Lipinski definition) is 2. The van der Waals surface area contributed by atoms with E-state index in [0.717, 1.165) is 31.8 Å². The highest BCUT2D eigenvalue weighted by atomic mass is 79.9. The van der Waals surface area contributed by atoms with Gasteiger partial charge in [-0.15, -0.1) is 12.4 Å².